The molecule has 0 bridgehead atoms. The first-order chi connectivity index (χ1) is 17.1. The van der Waals surface area contributed by atoms with Crippen molar-refractivity contribution in [3.63, 3.8) is 0 Å². The Morgan fingerprint density at radius 3 is 2.54 bits per heavy atom. The largest absolute Gasteiger partial charge is 0.379 e. The zero-order valence-electron chi connectivity index (χ0n) is 20.7. The molecule has 0 radical (unpaired) electrons. The maximum Gasteiger partial charge on any atom is 0.170 e. The van der Waals surface area contributed by atoms with Crippen molar-refractivity contribution in [2.24, 2.45) is 0 Å². The summed E-state index contributed by atoms with van der Waals surface area (Å²) in [5, 5.41) is 4.43. The fourth-order valence-electron chi connectivity index (χ4n) is 5.41. The molecule has 1 N–H and O–H groups in total. The smallest absolute Gasteiger partial charge is 0.170 e. The van der Waals surface area contributed by atoms with Crippen molar-refractivity contribution in [3.05, 3.63) is 89.0 Å². The van der Waals surface area contributed by atoms with Gasteiger partial charge in [-0.15, -0.1) is 0 Å². The molecule has 2 aliphatic rings. The molecule has 0 unspecified atom stereocenters. The molecule has 1 aromatic carbocycles. The van der Waals surface area contributed by atoms with Crippen molar-refractivity contribution in [1.82, 2.24) is 24.7 Å². The Hall–Kier alpha value is -2.74. The Bertz CT molecular complexity index is 1130. The SMILES string of the molecule is Cc1cc([C@H]2[C@@H](c3ccccn3)NC(=S)N2CCCN2CCOCC2)c(C)n1Cc1ccccc1. The molecule has 0 spiro atoms. The molecular weight excluding hydrogens is 454 g/mol. The van der Waals surface area contributed by atoms with E-state index >= 15 is 0 Å². The lowest BCUT2D eigenvalue weighted by Gasteiger charge is -2.30. The van der Waals surface area contributed by atoms with E-state index < -0.39 is 0 Å². The molecule has 4 heterocycles. The van der Waals surface area contributed by atoms with E-state index in [1.54, 1.807) is 0 Å². The Morgan fingerprint density at radius 1 is 1.03 bits per heavy atom. The third kappa shape index (κ3) is 5.27. The third-order valence-corrected chi connectivity index (χ3v) is 7.64. The van der Waals surface area contributed by atoms with Crippen LogP contribution in [-0.2, 0) is 11.3 Å². The number of nitrogens with one attached hydrogen (secondary N) is 1. The van der Waals surface area contributed by atoms with E-state index in [0.717, 1.165) is 63.2 Å². The molecule has 2 fully saturated rings. The normalized spacial score (nSPS) is 20.9. The van der Waals surface area contributed by atoms with Gasteiger partial charge in [-0.1, -0.05) is 36.4 Å². The number of ether oxygens (including phenoxy) is 1. The molecule has 5 rings (SSSR count). The molecule has 3 aromatic rings. The van der Waals surface area contributed by atoms with Crippen LogP contribution in [0.5, 0.6) is 0 Å². The van der Waals surface area contributed by atoms with Gasteiger partial charge in [0, 0.05) is 50.3 Å². The van der Waals surface area contributed by atoms with E-state index in [4.69, 9.17) is 21.9 Å². The van der Waals surface area contributed by atoms with E-state index in [0.29, 0.717) is 0 Å². The van der Waals surface area contributed by atoms with Crippen molar-refractivity contribution < 1.29 is 4.74 Å². The lowest BCUT2D eigenvalue weighted by atomic mass is 9.96. The second-order valence-electron chi connectivity index (χ2n) is 9.53. The van der Waals surface area contributed by atoms with Gasteiger partial charge in [0.05, 0.1) is 31.0 Å². The van der Waals surface area contributed by atoms with E-state index in [-0.39, 0.29) is 12.1 Å². The molecule has 2 atom stereocenters. The molecule has 0 saturated carbocycles. The summed E-state index contributed by atoms with van der Waals surface area (Å²) in [6.07, 6.45) is 2.94. The van der Waals surface area contributed by atoms with Gasteiger partial charge in [0.15, 0.2) is 5.11 Å². The lowest BCUT2D eigenvalue weighted by molar-refractivity contribution is 0.0365. The quantitative estimate of drug-likeness (QED) is 0.478. The monoisotopic (exact) mass is 489 g/mol. The molecule has 6 nitrogen and oxygen atoms in total. The average Bonchev–Trinajstić information content (AvgIpc) is 3.36. The Labute approximate surface area is 213 Å². The minimum absolute atomic E-state index is 0.0257. The second kappa shape index (κ2) is 10.9. The summed E-state index contributed by atoms with van der Waals surface area (Å²) in [6.45, 7) is 11.0. The Balaban J connectivity index is 1.43. The van der Waals surface area contributed by atoms with Gasteiger partial charge in [-0.3, -0.25) is 9.88 Å². The first kappa shape index (κ1) is 24.0. The van der Waals surface area contributed by atoms with Crippen LogP contribution in [0, 0.1) is 13.8 Å². The maximum absolute atomic E-state index is 5.90. The van der Waals surface area contributed by atoms with Crippen LogP contribution in [0.1, 0.15) is 46.7 Å². The van der Waals surface area contributed by atoms with Gasteiger partial charge in [-0.25, -0.2) is 0 Å². The highest BCUT2D eigenvalue weighted by Gasteiger charge is 2.41. The van der Waals surface area contributed by atoms with Gasteiger partial charge in [-0.05, 0) is 61.8 Å². The number of pyridine rings is 1. The topological polar surface area (TPSA) is 45.6 Å². The van der Waals surface area contributed by atoms with Crippen LogP contribution in [0.25, 0.3) is 0 Å². The standard InChI is InChI=1S/C28H35N5OS/c1-21-19-24(22(2)33(21)20-23-9-4-3-5-10-23)27-26(25-11-6-7-12-29-25)30-28(35)32(27)14-8-13-31-15-17-34-18-16-31/h3-7,9-12,19,26-27H,8,13-18,20H2,1-2H3,(H,30,35)/t26-,27+/m1/s1. The number of hydrogen-bond donors (Lipinski definition) is 1. The summed E-state index contributed by atoms with van der Waals surface area (Å²) < 4.78 is 7.94. The van der Waals surface area contributed by atoms with Crippen molar-refractivity contribution in [2.45, 2.75) is 38.9 Å². The van der Waals surface area contributed by atoms with Gasteiger partial charge >= 0.3 is 0 Å². The fourth-order valence-corrected chi connectivity index (χ4v) is 5.74. The summed E-state index contributed by atoms with van der Waals surface area (Å²) in [6, 6.07) is 19.3. The van der Waals surface area contributed by atoms with Crippen LogP contribution in [0.4, 0.5) is 0 Å². The van der Waals surface area contributed by atoms with Crippen LogP contribution in [-0.4, -0.2) is 63.9 Å². The zero-order valence-corrected chi connectivity index (χ0v) is 21.5. The molecule has 184 valence electrons. The molecule has 7 heteroatoms. The van der Waals surface area contributed by atoms with E-state index in [1.807, 2.05) is 12.3 Å². The summed E-state index contributed by atoms with van der Waals surface area (Å²) in [4.78, 5) is 9.59. The van der Waals surface area contributed by atoms with Crippen molar-refractivity contribution in [2.75, 3.05) is 39.4 Å². The number of rotatable bonds is 8. The highest BCUT2D eigenvalue weighted by atomic mass is 32.1. The number of aryl methyl sites for hydroxylation is 1. The van der Waals surface area contributed by atoms with Gasteiger partial charge in [0.2, 0.25) is 0 Å². The van der Waals surface area contributed by atoms with Gasteiger partial charge < -0.3 is 19.5 Å². The van der Waals surface area contributed by atoms with E-state index in [2.05, 4.69) is 82.1 Å². The highest BCUT2D eigenvalue weighted by molar-refractivity contribution is 7.80. The van der Waals surface area contributed by atoms with Crippen molar-refractivity contribution in [3.8, 4) is 0 Å². The van der Waals surface area contributed by atoms with Crippen LogP contribution >= 0.6 is 12.2 Å². The van der Waals surface area contributed by atoms with Crippen LogP contribution in [0.15, 0.2) is 60.8 Å². The predicted molar refractivity (Wildman–Crippen MR) is 143 cm³/mol. The molecule has 2 aliphatic heterocycles. The summed E-state index contributed by atoms with van der Waals surface area (Å²) in [7, 11) is 0. The number of nitrogens with zero attached hydrogens (tertiary/aromatic N) is 4. The number of hydrogen-bond acceptors (Lipinski definition) is 4. The molecule has 35 heavy (non-hydrogen) atoms. The summed E-state index contributed by atoms with van der Waals surface area (Å²) >= 11 is 5.90. The highest BCUT2D eigenvalue weighted by Crippen LogP contribution is 2.41. The number of benzene rings is 1. The summed E-state index contributed by atoms with van der Waals surface area (Å²) in [5.74, 6) is 0. The molecule has 2 saturated heterocycles. The summed E-state index contributed by atoms with van der Waals surface area (Å²) in [5.41, 5.74) is 6.23. The van der Waals surface area contributed by atoms with Crippen LogP contribution in [0.2, 0.25) is 0 Å². The lowest BCUT2D eigenvalue weighted by Crippen LogP contribution is -2.39. The average molecular weight is 490 g/mol. The Morgan fingerprint density at radius 2 is 1.80 bits per heavy atom. The fraction of sp³-hybridized carbons (Fsp3) is 0.429. The zero-order chi connectivity index (χ0) is 24.2. The molecule has 2 aromatic heterocycles. The van der Waals surface area contributed by atoms with Gasteiger partial charge in [-0.2, -0.15) is 0 Å². The first-order valence-electron chi connectivity index (χ1n) is 12.6. The van der Waals surface area contributed by atoms with Crippen LogP contribution in [0.3, 0.4) is 0 Å². The Kier molecular flexibility index (Phi) is 7.46. The van der Waals surface area contributed by atoms with Crippen molar-refractivity contribution >= 4 is 17.3 Å². The number of morpholine rings is 1. The molecular formula is C28H35N5OS. The van der Waals surface area contributed by atoms with Gasteiger partial charge in [0.25, 0.3) is 0 Å². The molecule has 0 aliphatic carbocycles. The van der Waals surface area contributed by atoms with Gasteiger partial charge in [0.1, 0.15) is 0 Å². The number of aromatic nitrogens is 2. The second-order valence-corrected chi connectivity index (χ2v) is 9.91. The molecule has 0 amide bonds. The van der Waals surface area contributed by atoms with E-state index in [9.17, 15) is 0 Å². The predicted octanol–water partition coefficient (Wildman–Crippen LogP) is 4.24. The third-order valence-electron chi connectivity index (χ3n) is 7.29. The van der Waals surface area contributed by atoms with Crippen LogP contribution < -0.4 is 5.32 Å². The first-order valence-corrected chi connectivity index (χ1v) is 13.0. The van der Waals surface area contributed by atoms with Crippen molar-refractivity contribution in [1.29, 1.82) is 0 Å². The maximum atomic E-state index is 5.90. The van der Waals surface area contributed by atoms with E-state index in [1.165, 1.54) is 22.5 Å². The minimum atomic E-state index is 0.0257. The number of thiocarbonyl (C=S) groups is 1. The minimum Gasteiger partial charge on any atom is -0.379 e.